The second kappa shape index (κ2) is 47.2. The molecular weight excluding hydrogens is 1480 g/mol. The molecule has 0 saturated carbocycles. The Kier molecular flexibility index (Phi) is 39.8. The van der Waals surface area contributed by atoms with Crippen LogP contribution in [0.4, 0.5) is 0 Å². The number of carboxylic acids is 4. The Balaban J connectivity index is 2.22. The average molecular weight is 1580 g/mol. The van der Waals surface area contributed by atoms with E-state index >= 15 is 0 Å². The van der Waals surface area contributed by atoms with E-state index in [1.54, 1.807) is 30.5 Å². The van der Waals surface area contributed by atoms with Crippen LogP contribution in [0.3, 0.4) is 0 Å². The summed E-state index contributed by atoms with van der Waals surface area (Å²) in [6, 6.07) is -14.2. The number of nitrogens with two attached hydrogens (primary N) is 3. The van der Waals surface area contributed by atoms with Crippen molar-refractivity contribution < 1.29 is 121 Å². The van der Waals surface area contributed by atoms with Gasteiger partial charge in [0, 0.05) is 49.8 Å². The van der Waals surface area contributed by atoms with Crippen molar-refractivity contribution in [3.05, 3.63) is 36.0 Å². The molecule has 12 atom stereocenters. The zero-order chi connectivity index (χ0) is 84.2. The van der Waals surface area contributed by atoms with Gasteiger partial charge in [-0.2, -0.15) is 0 Å². The standard InChI is InChI=1S/C70H105N17O25/c1-34(2)16-10-8-9-11-20-51(90)77-44(26-38-31-74-40-18-13-12-17-39(38)40)65(106)80-42(21-23-54(93)94)63(104)83-46(28-50(73)89)68(109)86-59-37(6)112-70(111)58(35(3)4)85-64(105)43(22-24-55(95)96)81-66(107)45(27-49(72)88)78-52(91)32-75-61(102)47(29-56(97)98)84-62(103)41(19-14-15-25-71)79-67(108)48(30-57(99)100)82-60(101)36(5)76-53(92)33-87(7)69(59)110/h12-13,17-18,31,34-37,41-48,58-59,74H,8-11,14-16,19-30,32-33,71H2,1-7H3,(H2,72,88)(H2,73,89)(H,75,102)(H,76,92)(H,77,90)(H,78,91)(H,79,108)(H,80,106)(H,81,107)(H,82,101)(H,83,104)(H,84,103)(H,85,105)(H,86,109)(H,93,94)(H,95,96)(H,97,98)(H,99,100). The van der Waals surface area contributed by atoms with Crippen molar-refractivity contribution in [1.29, 1.82) is 0 Å². The molecule has 12 unspecified atom stereocenters. The molecule has 1 aliphatic rings. The summed E-state index contributed by atoms with van der Waals surface area (Å²) in [5, 5.41) is 66.7. The normalized spacial score (nSPS) is 21.4. The number of cyclic esters (lactones) is 1. The first-order chi connectivity index (χ1) is 52.6. The van der Waals surface area contributed by atoms with Crippen LogP contribution < -0.4 is 81.0 Å². The molecule has 0 aliphatic carbocycles. The van der Waals surface area contributed by atoms with E-state index < -0.39 is 261 Å². The number of aromatic amines is 1. The first-order valence-electron chi connectivity index (χ1n) is 36.3. The Bertz CT molecular complexity index is 3740. The Morgan fingerprint density at radius 2 is 1.11 bits per heavy atom. The van der Waals surface area contributed by atoms with Crippen LogP contribution in [0.2, 0.25) is 0 Å². The number of carbonyl (C=O) groups excluding carboxylic acids is 16. The molecule has 0 spiro atoms. The number of rotatable bonds is 35. The lowest BCUT2D eigenvalue weighted by atomic mass is 10.0. The van der Waals surface area contributed by atoms with Gasteiger partial charge in [0.15, 0.2) is 0 Å². The topological polar surface area (TPSA) is 673 Å². The maximum Gasteiger partial charge on any atom is 0.329 e. The number of para-hydroxylation sites is 1. The highest BCUT2D eigenvalue weighted by atomic mass is 16.5. The Labute approximate surface area is 643 Å². The van der Waals surface area contributed by atoms with E-state index in [0.29, 0.717) is 40.1 Å². The molecule has 112 heavy (non-hydrogen) atoms. The smallest absolute Gasteiger partial charge is 0.329 e. The Hall–Kier alpha value is -11.9. The van der Waals surface area contributed by atoms with Crippen LogP contribution >= 0.6 is 0 Å². The average Bonchev–Trinajstić information content (AvgIpc) is 1.67. The quantitative estimate of drug-likeness (QED) is 0.0227. The summed E-state index contributed by atoms with van der Waals surface area (Å²) >= 11 is 0. The molecule has 1 fully saturated rings. The van der Waals surface area contributed by atoms with Crippen molar-refractivity contribution in [1.82, 2.24) is 73.7 Å². The molecule has 23 N–H and O–H groups in total. The van der Waals surface area contributed by atoms with E-state index in [4.69, 9.17) is 21.9 Å². The van der Waals surface area contributed by atoms with Crippen molar-refractivity contribution in [3.8, 4) is 0 Å². The van der Waals surface area contributed by atoms with Gasteiger partial charge in [-0.3, -0.25) is 91.1 Å². The molecule has 1 aromatic carbocycles. The third-order valence-corrected chi connectivity index (χ3v) is 17.4. The summed E-state index contributed by atoms with van der Waals surface area (Å²) < 4.78 is 5.72. The number of likely N-dealkylation sites (N-methyl/N-ethyl adjacent to an activating group) is 1. The number of benzene rings is 1. The summed E-state index contributed by atoms with van der Waals surface area (Å²) in [6.07, 6.45) is -4.40. The van der Waals surface area contributed by atoms with E-state index in [1.807, 2.05) is 5.32 Å². The molecule has 3 rings (SSSR count). The molecule has 15 amide bonds. The third kappa shape index (κ3) is 33.9. The van der Waals surface area contributed by atoms with Crippen molar-refractivity contribution in [2.24, 2.45) is 29.0 Å². The van der Waals surface area contributed by atoms with E-state index in [1.165, 1.54) is 13.8 Å². The molecule has 2 aromatic rings. The molecule has 1 aliphatic heterocycles. The maximum absolute atomic E-state index is 14.9. The molecule has 1 aromatic heterocycles. The van der Waals surface area contributed by atoms with E-state index in [-0.39, 0.29) is 38.6 Å². The van der Waals surface area contributed by atoms with Crippen LogP contribution in [0.5, 0.6) is 0 Å². The summed E-state index contributed by atoms with van der Waals surface area (Å²) in [5.41, 5.74) is 17.9. The highest BCUT2D eigenvalue weighted by Gasteiger charge is 2.41. The maximum atomic E-state index is 14.9. The number of hydrogen-bond acceptors (Lipinski definition) is 22. The van der Waals surface area contributed by atoms with Gasteiger partial charge in [0.2, 0.25) is 88.6 Å². The predicted molar refractivity (Wildman–Crippen MR) is 391 cm³/mol. The minimum atomic E-state index is -2.26. The number of amides is 15. The first-order valence-corrected chi connectivity index (χ1v) is 36.3. The molecule has 0 bridgehead atoms. The number of fused-ring (bicyclic) bond motifs is 1. The minimum Gasteiger partial charge on any atom is -0.481 e. The monoisotopic (exact) mass is 1580 g/mol. The van der Waals surface area contributed by atoms with Gasteiger partial charge in [0.05, 0.1) is 38.8 Å². The van der Waals surface area contributed by atoms with Crippen molar-refractivity contribution in [2.45, 2.75) is 230 Å². The Morgan fingerprint density at radius 1 is 0.554 bits per heavy atom. The first kappa shape index (κ1) is 94.3. The number of carbonyl (C=O) groups is 20. The molecule has 2 heterocycles. The number of hydrogen-bond donors (Lipinski definition) is 20. The van der Waals surface area contributed by atoms with Gasteiger partial charge in [0.1, 0.15) is 72.6 Å². The summed E-state index contributed by atoms with van der Waals surface area (Å²) in [5.74, 6) is -27.2. The van der Waals surface area contributed by atoms with Crippen molar-refractivity contribution >= 4 is 129 Å². The van der Waals surface area contributed by atoms with Crippen LogP contribution in [0.25, 0.3) is 10.9 Å². The highest BCUT2D eigenvalue weighted by Crippen LogP contribution is 2.21. The fourth-order valence-corrected chi connectivity index (χ4v) is 11.4. The lowest BCUT2D eigenvalue weighted by Gasteiger charge is -2.32. The van der Waals surface area contributed by atoms with Gasteiger partial charge in [-0.05, 0) is 82.4 Å². The third-order valence-electron chi connectivity index (χ3n) is 17.4. The summed E-state index contributed by atoms with van der Waals surface area (Å²) in [4.78, 5) is 274. The number of aliphatic carboxylic acids is 4. The largest absolute Gasteiger partial charge is 0.481 e. The van der Waals surface area contributed by atoms with Crippen molar-refractivity contribution in [2.75, 3.05) is 26.7 Å². The zero-order valence-electron chi connectivity index (χ0n) is 63.4. The fourth-order valence-electron chi connectivity index (χ4n) is 11.4. The van der Waals surface area contributed by atoms with Crippen LogP contribution in [0, 0.1) is 11.8 Å². The SMILES string of the molecule is CC(C)CCCCCCC(=O)NC(Cc1c[nH]c2ccccc12)C(=O)NC(CCC(=O)O)C(=O)NC(CC(N)=O)C(=O)NC1C(=O)N(C)CC(=O)NC(C)C(=O)NC(CC(=O)O)C(=O)NC(CCCCN)C(=O)NC(CC(=O)O)C(=O)NCC(=O)NC(CC(N)=O)C(=O)NC(CCC(=O)O)C(=O)NC(C(C)C)C(=O)OC1C. The number of primary amides is 2. The molecule has 42 heteroatoms. The molecule has 0 radical (unpaired) electrons. The number of esters is 1. The van der Waals surface area contributed by atoms with Gasteiger partial charge < -0.3 is 116 Å². The number of unbranched alkanes of at least 4 members (excludes halogenated alkanes) is 4. The number of aromatic nitrogens is 1. The van der Waals surface area contributed by atoms with Gasteiger partial charge in [0.25, 0.3) is 0 Å². The Morgan fingerprint density at radius 3 is 1.70 bits per heavy atom. The van der Waals surface area contributed by atoms with Crippen LogP contribution in [-0.2, 0) is 107 Å². The number of carboxylic acid groups (broad SMARTS) is 4. The number of H-pyrrole nitrogens is 1. The van der Waals surface area contributed by atoms with Gasteiger partial charge in [-0.25, -0.2) is 4.79 Å². The molecule has 620 valence electrons. The lowest BCUT2D eigenvalue weighted by molar-refractivity contribution is -0.159. The molecule has 42 nitrogen and oxygen atoms in total. The van der Waals surface area contributed by atoms with Crippen LogP contribution in [0.1, 0.15) is 156 Å². The van der Waals surface area contributed by atoms with E-state index in [2.05, 4.69) is 77.3 Å². The number of nitrogens with zero attached hydrogens (tertiary/aromatic N) is 1. The van der Waals surface area contributed by atoms with Crippen LogP contribution in [-0.4, -0.2) is 248 Å². The van der Waals surface area contributed by atoms with Gasteiger partial charge in [-0.15, -0.1) is 0 Å². The second-order valence-electron chi connectivity index (χ2n) is 27.8. The van der Waals surface area contributed by atoms with E-state index in [9.17, 15) is 116 Å². The van der Waals surface area contributed by atoms with Crippen molar-refractivity contribution in [3.63, 3.8) is 0 Å². The molecule has 1 saturated heterocycles. The number of nitrogens with one attached hydrogen (secondary N) is 13. The fraction of sp³-hybridized carbons (Fsp3) is 0.600. The minimum absolute atomic E-state index is 0.00445. The predicted octanol–water partition coefficient (Wildman–Crippen LogP) is -5.21. The summed E-state index contributed by atoms with van der Waals surface area (Å²) in [7, 11) is 0.943. The van der Waals surface area contributed by atoms with E-state index in [0.717, 1.165) is 40.2 Å². The highest BCUT2D eigenvalue weighted by molar-refractivity contribution is 6.02. The van der Waals surface area contributed by atoms with Gasteiger partial charge in [-0.1, -0.05) is 71.6 Å². The lowest BCUT2D eigenvalue weighted by Crippen LogP contribution is -2.61. The second-order valence-corrected chi connectivity index (χ2v) is 27.8. The molecular formula is C70H105N17O25. The zero-order valence-corrected chi connectivity index (χ0v) is 63.4. The van der Waals surface area contributed by atoms with Gasteiger partial charge >= 0.3 is 29.8 Å². The number of ether oxygens (including phenoxy) is 1. The summed E-state index contributed by atoms with van der Waals surface area (Å²) in [6.45, 7) is 6.68. The van der Waals surface area contributed by atoms with Crippen LogP contribution in [0.15, 0.2) is 30.5 Å².